The van der Waals surface area contributed by atoms with Crippen molar-refractivity contribution in [2.24, 2.45) is 22.2 Å². The van der Waals surface area contributed by atoms with Crippen molar-refractivity contribution in [2.45, 2.75) is 70.0 Å². The molecule has 1 fully saturated rings. The average molecular weight is 607 g/mol. The van der Waals surface area contributed by atoms with Crippen molar-refractivity contribution in [3.8, 4) is 16.9 Å². The van der Waals surface area contributed by atoms with Gasteiger partial charge in [0.15, 0.2) is 11.8 Å². The second kappa shape index (κ2) is 13.3. The lowest BCUT2D eigenvalue weighted by molar-refractivity contribution is 0.110. The second-order valence-electron chi connectivity index (χ2n) is 11.6. The number of nitrogens with two attached hydrogens (primary N) is 3. The summed E-state index contributed by atoms with van der Waals surface area (Å²) in [6, 6.07) is 14.1. The molecule has 0 amide bonds. The number of hydrogen-bond acceptors (Lipinski definition) is 5. The molecular formula is C32H40ClFN8O. The third-order valence-electron chi connectivity index (χ3n) is 8.41. The number of halogens is 2. The van der Waals surface area contributed by atoms with Crippen LogP contribution >= 0.6 is 11.6 Å². The number of nitrogens with one attached hydrogen (secondary N) is 1. The lowest BCUT2D eigenvalue weighted by Crippen LogP contribution is -2.39. The Hall–Kier alpha value is -3.73. The van der Waals surface area contributed by atoms with Gasteiger partial charge in [-0.05, 0) is 100 Å². The van der Waals surface area contributed by atoms with E-state index in [0.29, 0.717) is 40.6 Å². The van der Waals surface area contributed by atoms with Crippen molar-refractivity contribution in [1.82, 2.24) is 19.4 Å². The molecule has 0 aliphatic carbocycles. The Morgan fingerprint density at radius 2 is 1.98 bits per heavy atom. The number of fused-ring (bicyclic) bond motifs is 1. The lowest BCUT2D eigenvalue weighted by Gasteiger charge is -2.40. The van der Waals surface area contributed by atoms with Crippen molar-refractivity contribution in [1.29, 1.82) is 0 Å². The minimum absolute atomic E-state index is 0.0586. The van der Waals surface area contributed by atoms with E-state index in [-0.39, 0.29) is 23.1 Å². The highest BCUT2D eigenvalue weighted by Gasteiger charge is 2.28. The number of H-pyrrole nitrogens is 1. The van der Waals surface area contributed by atoms with Crippen LogP contribution in [0.15, 0.2) is 58.4 Å². The summed E-state index contributed by atoms with van der Waals surface area (Å²) < 4.78 is 16.6. The minimum atomic E-state index is -0.513. The van der Waals surface area contributed by atoms with E-state index in [1.807, 2.05) is 19.1 Å². The van der Waals surface area contributed by atoms with Crippen molar-refractivity contribution in [3.63, 3.8) is 0 Å². The van der Waals surface area contributed by atoms with Crippen LogP contribution in [-0.2, 0) is 6.42 Å². The van der Waals surface area contributed by atoms with E-state index < -0.39 is 11.5 Å². The van der Waals surface area contributed by atoms with Crippen LogP contribution in [0, 0.1) is 5.82 Å². The third-order valence-corrected chi connectivity index (χ3v) is 8.68. The minimum Gasteiger partial charge on any atom is -0.370 e. The first kappa shape index (κ1) is 30.7. The third kappa shape index (κ3) is 7.09. The number of aryl methyl sites for hydroxylation is 1. The molecule has 2 aromatic heterocycles. The van der Waals surface area contributed by atoms with Gasteiger partial charge in [-0.15, -0.1) is 0 Å². The summed E-state index contributed by atoms with van der Waals surface area (Å²) >= 11 is 6.26. The van der Waals surface area contributed by atoms with Gasteiger partial charge in [0.1, 0.15) is 5.65 Å². The molecule has 0 spiro atoms. The first-order chi connectivity index (χ1) is 20.6. The number of piperidine rings is 1. The fraction of sp³-hybridized carbons (Fsp3) is 0.406. The Labute approximate surface area is 255 Å². The standard InChI is InChI=1S/C32H40ClFN8O/c1-19(35)5-3-6-20-15-25(29(34)26(33)16-20)27-17-22-18-42(32(43)40-30(22)39-27)24-11-9-21(10-12-24)28-8-4-7-23(41(28)2)13-14-38-31(36)37/h9-12,15-19,23,28H,3-8,13-14,35H2,1-2H3,(H4,36,37,38)(H,39,40,43). The summed E-state index contributed by atoms with van der Waals surface area (Å²) in [4.78, 5) is 27.0. The van der Waals surface area contributed by atoms with Crippen molar-refractivity contribution in [3.05, 3.63) is 81.1 Å². The van der Waals surface area contributed by atoms with Gasteiger partial charge in [0.2, 0.25) is 0 Å². The summed E-state index contributed by atoms with van der Waals surface area (Å²) in [6.45, 7) is 2.58. The fourth-order valence-electron chi connectivity index (χ4n) is 6.10. The molecule has 7 N–H and O–H groups in total. The van der Waals surface area contributed by atoms with Crippen LogP contribution in [0.3, 0.4) is 0 Å². The first-order valence-corrected chi connectivity index (χ1v) is 15.2. The van der Waals surface area contributed by atoms with Gasteiger partial charge >= 0.3 is 5.69 Å². The Balaban J connectivity index is 1.37. The maximum Gasteiger partial charge on any atom is 0.354 e. The molecule has 1 aliphatic heterocycles. The number of guanidine groups is 1. The van der Waals surface area contributed by atoms with Gasteiger partial charge in [-0.3, -0.25) is 14.5 Å². The molecule has 3 atom stereocenters. The lowest BCUT2D eigenvalue weighted by atomic mass is 9.90. The Bertz CT molecular complexity index is 1660. The highest BCUT2D eigenvalue weighted by Crippen LogP contribution is 2.35. The summed E-state index contributed by atoms with van der Waals surface area (Å²) in [7, 11) is 2.15. The van der Waals surface area contributed by atoms with Crippen LogP contribution in [0.4, 0.5) is 4.39 Å². The largest absolute Gasteiger partial charge is 0.370 e. The van der Waals surface area contributed by atoms with Gasteiger partial charge in [0.25, 0.3) is 0 Å². The maximum absolute atomic E-state index is 15.1. The van der Waals surface area contributed by atoms with Crippen molar-refractivity contribution < 1.29 is 4.39 Å². The molecule has 11 heteroatoms. The summed E-state index contributed by atoms with van der Waals surface area (Å²) in [6.07, 6.45) is 8.41. The topological polar surface area (TPSA) is 144 Å². The van der Waals surface area contributed by atoms with E-state index in [1.54, 1.807) is 24.4 Å². The fourth-order valence-corrected chi connectivity index (χ4v) is 6.34. The predicted octanol–water partition coefficient (Wildman–Crippen LogP) is 5.03. The summed E-state index contributed by atoms with van der Waals surface area (Å²) in [5.41, 5.74) is 20.5. The van der Waals surface area contributed by atoms with Crippen LogP contribution in [0.1, 0.15) is 62.6 Å². The number of hydrogen-bond donors (Lipinski definition) is 4. The zero-order valence-corrected chi connectivity index (χ0v) is 25.4. The molecule has 1 aliphatic rings. The number of aliphatic imine (C=N–C) groups is 1. The molecule has 43 heavy (non-hydrogen) atoms. The molecular weight excluding hydrogens is 567 g/mol. The Morgan fingerprint density at radius 1 is 1.21 bits per heavy atom. The first-order valence-electron chi connectivity index (χ1n) is 14.8. The molecule has 4 aromatic rings. The number of benzene rings is 2. The van der Waals surface area contributed by atoms with E-state index in [0.717, 1.165) is 50.5 Å². The van der Waals surface area contributed by atoms with Crippen molar-refractivity contribution >= 4 is 28.6 Å². The normalized spacial score (nSPS) is 18.2. The second-order valence-corrected chi connectivity index (χ2v) is 12.0. The maximum atomic E-state index is 15.1. The van der Waals surface area contributed by atoms with Crippen LogP contribution in [0.25, 0.3) is 28.0 Å². The smallest absolute Gasteiger partial charge is 0.354 e. The monoisotopic (exact) mass is 606 g/mol. The molecule has 3 unspecified atom stereocenters. The predicted molar refractivity (Wildman–Crippen MR) is 172 cm³/mol. The molecule has 0 saturated carbocycles. The molecule has 9 nitrogen and oxygen atoms in total. The van der Waals surface area contributed by atoms with Gasteiger partial charge in [-0.2, -0.15) is 4.98 Å². The van der Waals surface area contributed by atoms with Crippen LogP contribution in [0.5, 0.6) is 0 Å². The van der Waals surface area contributed by atoms with Crippen LogP contribution in [0.2, 0.25) is 5.02 Å². The SMILES string of the molecule is CC(N)CCCc1cc(Cl)c(F)c(-c2cc3cn(-c4ccc(C5CCCC(CCN=C(N)N)N5C)cc4)c(=O)nc3[nH]2)c1. The number of aromatic amines is 1. The summed E-state index contributed by atoms with van der Waals surface area (Å²) in [5, 5.41) is 0.746. The summed E-state index contributed by atoms with van der Waals surface area (Å²) in [5.74, 6) is -0.389. The van der Waals surface area contributed by atoms with Gasteiger partial charge in [0, 0.05) is 41.8 Å². The van der Waals surface area contributed by atoms with Crippen LogP contribution < -0.4 is 22.9 Å². The van der Waals surface area contributed by atoms with E-state index in [9.17, 15) is 4.79 Å². The molecule has 0 radical (unpaired) electrons. The highest BCUT2D eigenvalue weighted by molar-refractivity contribution is 6.31. The van der Waals surface area contributed by atoms with Gasteiger partial charge in [0.05, 0.1) is 16.4 Å². The van der Waals surface area contributed by atoms with Gasteiger partial charge in [-0.25, -0.2) is 9.18 Å². The number of rotatable bonds is 10. The molecule has 2 aromatic carbocycles. The van der Waals surface area contributed by atoms with E-state index in [2.05, 4.69) is 39.0 Å². The van der Waals surface area contributed by atoms with Crippen molar-refractivity contribution in [2.75, 3.05) is 13.6 Å². The molecule has 228 valence electrons. The highest BCUT2D eigenvalue weighted by atomic mass is 35.5. The molecule has 5 rings (SSSR count). The van der Waals surface area contributed by atoms with Crippen LogP contribution in [-0.4, -0.2) is 51.1 Å². The Morgan fingerprint density at radius 3 is 2.70 bits per heavy atom. The van der Waals surface area contributed by atoms with E-state index >= 15 is 4.39 Å². The van der Waals surface area contributed by atoms with E-state index in [1.165, 1.54) is 10.1 Å². The number of likely N-dealkylation sites (tertiary alicyclic amines) is 1. The zero-order valence-electron chi connectivity index (χ0n) is 24.7. The quantitative estimate of drug-likeness (QED) is 0.147. The number of nitrogens with zero attached hydrogens (tertiary/aromatic N) is 4. The Kier molecular flexibility index (Phi) is 9.49. The van der Waals surface area contributed by atoms with E-state index in [4.69, 9.17) is 28.8 Å². The zero-order chi connectivity index (χ0) is 30.7. The molecule has 1 saturated heterocycles. The molecule has 3 heterocycles. The van der Waals surface area contributed by atoms with Gasteiger partial charge < -0.3 is 22.2 Å². The number of aromatic nitrogens is 3. The average Bonchev–Trinajstić information content (AvgIpc) is 3.37. The molecule has 0 bridgehead atoms. The van der Waals surface area contributed by atoms with Gasteiger partial charge in [-0.1, -0.05) is 23.7 Å².